The first kappa shape index (κ1) is 14.1. The van der Waals surface area contributed by atoms with Crippen LogP contribution >= 0.6 is 0 Å². The van der Waals surface area contributed by atoms with E-state index in [9.17, 15) is 4.79 Å². The third-order valence-corrected chi connectivity index (χ3v) is 4.32. The van der Waals surface area contributed by atoms with Crippen LogP contribution in [0.4, 0.5) is 0 Å². The molecule has 0 bridgehead atoms. The Kier molecular flexibility index (Phi) is 4.25. The number of nitrogens with one attached hydrogen (secondary N) is 1. The molecule has 19 heavy (non-hydrogen) atoms. The average Bonchev–Trinajstić information content (AvgIpc) is 2.79. The first-order valence-corrected chi connectivity index (χ1v) is 7.11. The van der Waals surface area contributed by atoms with E-state index in [1.54, 1.807) is 0 Å². The van der Waals surface area contributed by atoms with Crippen molar-refractivity contribution in [3.8, 4) is 0 Å². The summed E-state index contributed by atoms with van der Waals surface area (Å²) >= 11 is 0. The molecule has 1 aliphatic rings. The van der Waals surface area contributed by atoms with Crippen LogP contribution in [0, 0.1) is 19.8 Å². The maximum Gasteiger partial charge on any atom is 0.223 e. The first-order chi connectivity index (χ1) is 8.99. The van der Waals surface area contributed by atoms with Crippen LogP contribution in [0.3, 0.4) is 0 Å². The van der Waals surface area contributed by atoms with E-state index < -0.39 is 0 Å². The Morgan fingerprint density at radius 2 is 2.11 bits per heavy atom. The first-order valence-electron chi connectivity index (χ1n) is 7.11. The minimum Gasteiger partial charge on any atom is -0.349 e. The van der Waals surface area contributed by atoms with E-state index in [-0.39, 0.29) is 23.9 Å². The largest absolute Gasteiger partial charge is 0.349 e. The van der Waals surface area contributed by atoms with Crippen LogP contribution in [-0.4, -0.2) is 11.9 Å². The lowest BCUT2D eigenvalue weighted by Gasteiger charge is -2.20. The topological polar surface area (TPSA) is 55.1 Å². The molecule has 1 aliphatic carbocycles. The predicted molar refractivity (Wildman–Crippen MR) is 77.8 cm³/mol. The lowest BCUT2D eigenvalue weighted by atomic mass is 9.97. The molecule has 3 atom stereocenters. The highest BCUT2D eigenvalue weighted by atomic mass is 16.1. The molecule has 1 amide bonds. The molecule has 0 aromatic heterocycles. The Morgan fingerprint density at radius 3 is 2.74 bits per heavy atom. The van der Waals surface area contributed by atoms with E-state index in [0.717, 1.165) is 19.3 Å². The van der Waals surface area contributed by atoms with Crippen LogP contribution in [0.25, 0.3) is 0 Å². The fourth-order valence-electron chi connectivity index (χ4n) is 2.91. The minimum atomic E-state index is 0.0595. The predicted octanol–water partition coefficient (Wildman–Crippen LogP) is 2.61. The molecule has 0 spiro atoms. The van der Waals surface area contributed by atoms with Gasteiger partial charge in [-0.15, -0.1) is 0 Å². The van der Waals surface area contributed by atoms with E-state index in [4.69, 9.17) is 5.73 Å². The summed E-state index contributed by atoms with van der Waals surface area (Å²) in [4.78, 5) is 12.2. The molecule has 0 aliphatic heterocycles. The molecular weight excluding hydrogens is 236 g/mol. The molecule has 3 heteroatoms. The van der Waals surface area contributed by atoms with Gasteiger partial charge in [-0.1, -0.05) is 18.2 Å². The zero-order chi connectivity index (χ0) is 14.0. The summed E-state index contributed by atoms with van der Waals surface area (Å²) in [6, 6.07) is 6.50. The fraction of sp³-hybridized carbons (Fsp3) is 0.562. The summed E-state index contributed by atoms with van der Waals surface area (Å²) in [7, 11) is 0. The van der Waals surface area contributed by atoms with E-state index in [1.165, 1.54) is 16.7 Å². The number of benzene rings is 1. The molecular formula is C16H24N2O. The number of hydrogen-bond donors (Lipinski definition) is 2. The van der Waals surface area contributed by atoms with E-state index in [0.29, 0.717) is 0 Å². The monoisotopic (exact) mass is 260 g/mol. The lowest BCUT2D eigenvalue weighted by Crippen LogP contribution is -2.32. The molecule has 3 nitrogen and oxygen atoms in total. The van der Waals surface area contributed by atoms with Gasteiger partial charge in [-0.05, 0) is 56.7 Å². The maximum atomic E-state index is 12.2. The normalized spacial score (nSPS) is 24.2. The van der Waals surface area contributed by atoms with Gasteiger partial charge in [0.2, 0.25) is 5.91 Å². The second-order valence-corrected chi connectivity index (χ2v) is 5.79. The third-order valence-electron chi connectivity index (χ3n) is 4.32. The van der Waals surface area contributed by atoms with Gasteiger partial charge >= 0.3 is 0 Å². The Morgan fingerprint density at radius 1 is 1.37 bits per heavy atom. The van der Waals surface area contributed by atoms with E-state index >= 15 is 0 Å². The zero-order valence-corrected chi connectivity index (χ0v) is 12.1. The Labute approximate surface area is 115 Å². The standard InChI is InChI=1S/C16H24N2O/c1-10-5-4-6-15(11(10)2)12(3)18-16(19)13-7-8-14(17)9-13/h4-6,12-14H,7-9,17H2,1-3H3,(H,18,19). The maximum absolute atomic E-state index is 12.2. The van der Waals surface area contributed by atoms with Gasteiger partial charge in [0, 0.05) is 12.0 Å². The van der Waals surface area contributed by atoms with Crippen LogP contribution in [0.1, 0.15) is 48.9 Å². The van der Waals surface area contributed by atoms with Crippen molar-refractivity contribution < 1.29 is 4.79 Å². The summed E-state index contributed by atoms with van der Waals surface area (Å²) in [5, 5.41) is 3.13. The van der Waals surface area contributed by atoms with Gasteiger partial charge in [0.25, 0.3) is 0 Å². The molecule has 1 fully saturated rings. The average molecular weight is 260 g/mol. The number of carbonyl (C=O) groups is 1. The van der Waals surface area contributed by atoms with Crippen LogP contribution in [-0.2, 0) is 4.79 Å². The minimum absolute atomic E-state index is 0.0595. The smallest absolute Gasteiger partial charge is 0.223 e. The van der Waals surface area contributed by atoms with Crippen molar-refractivity contribution in [2.75, 3.05) is 0 Å². The summed E-state index contributed by atoms with van der Waals surface area (Å²) in [5.41, 5.74) is 9.60. The number of amides is 1. The number of nitrogens with two attached hydrogens (primary N) is 1. The zero-order valence-electron chi connectivity index (χ0n) is 12.1. The van der Waals surface area contributed by atoms with Gasteiger partial charge < -0.3 is 11.1 Å². The van der Waals surface area contributed by atoms with Crippen molar-refractivity contribution in [1.82, 2.24) is 5.32 Å². The van der Waals surface area contributed by atoms with Crippen molar-refractivity contribution in [3.05, 3.63) is 34.9 Å². The second kappa shape index (κ2) is 5.74. The van der Waals surface area contributed by atoms with Crippen molar-refractivity contribution in [1.29, 1.82) is 0 Å². The van der Waals surface area contributed by atoms with Crippen LogP contribution < -0.4 is 11.1 Å². The summed E-state index contributed by atoms with van der Waals surface area (Å²) in [5.74, 6) is 0.254. The summed E-state index contributed by atoms with van der Waals surface area (Å²) in [6.07, 6.45) is 2.72. The fourth-order valence-corrected chi connectivity index (χ4v) is 2.91. The highest BCUT2D eigenvalue weighted by molar-refractivity contribution is 5.79. The molecule has 2 rings (SSSR count). The Balaban J connectivity index is 2.02. The molecule has 1 aromatic rings. The van der Waals surface area contributed by atoms with Gasteiger partial charge in [0.1, 0.15) is 0 Å². The molecule has 3 N–H and O–H groups in total. The van der Waals surface area contributed by atoms with Gasteiger partial charge in [-0.25, -0.2) is 0 Å². The number of carbonyl (C=O) groups excluding carboxylic acids is 1. The molecule has 3 unspecified atom stereocenters. The highest BCUT2D eigenvalue weighted by Gasteiger charge is 2.28. The van der Waals surface area contributed by atoms with Crippen molar-refractivity contribution in [3.63, 3.8) is 0 Å². The number of hydrogen-bond acceptors (Lipinski definition) is 2. The van der Waals surface area contributed by atoms with E-state index in [1.807, 2.05) is 6.07 Å². The quantitative estimate of drug-likeness (QED) is 0.877. The molecule has 1 saturated carbocycles. The lowest BCUT2D eigenvalue weighted by molar-refractivity contribution is -0.125. The molecule has 0 saturated heterocycles. The summed E-state index contributed by atoms with van der Waals surface area (Å²) in [6.45, 7) is 6.26. The molecule has 104 valence electrons. The van der Waals surface area contributed by atoms with Gasteiger partial charge in [0.15, 0.2) is 0 Å². The number of rotatable bonds is 3. The molecule has 0 heterocycles. The van der Waals surface area contributed by atoms with Crippen LogP contribution in [0.5, 0.6) is 0 Å². The van der Waals surface area contributed by atoms with Crippen molar-refractivity contribution in [2.45, 2.75) is 52.1 Å². The van der Waals surface area contributed by atoms with Crippen LogP contribution in [0.2, 0.25) is 0 Å². The highest BCUT2D eigenvalue weighted by Crippen LogP contribution is 2.26. The Bertz CT molecular complexity index is 470. The van der Waals surface area contributed by atoms with Crippen molar-refractivity contribution >= 4 is 5.91 Å². The second-order valence-electron chi connectivity index (χ2n) is 5.79. The van der Waals surface area contributed by atoms with Gasteiger partial charge in [0.05, 0.1) is 6.04 Å². The SMILES string of the molecule is Cc1cccc(C(C)NC(=O)C2CCC(N)C2)c1C. The van der Waals surface area contributed by atoms with Gasteiger partial charge in [-0.2, -0.15) is 0 Å². The number of aryl methyl sites for hydroxylation is 1. The van der Waals surface area contributed by atoms with E-state index in [2.05, 4.69) is 38.2 Å². The molecule has 0 radical (unpaired) electrons. The van der Waals surface area contributed by atoms with Gasteiger partial charge in [-0.3, -0.25) is 4.79 Å². The van der Waals surface area contributed by atoms with Crippen LogP contribution in [0.15, 0.2) is 18.2 Å². The Hall–Kier alpha value is -1.35. The summed E-state index contributed by atoms with van der Waals surface area (Å²) < 4.78 is 0. The molecule has 1 aromatic carbocycles. The van der Waals surface area contributed by atoms with Crippen molar-refractivity contribution in [2.24, 2.45) is 11.7 Å². The third kappa shape index (κ3) is 3.16.